The second-order valence-electron chi connectivity index (χ2n) is 7.08. The molecule has 4 nitrogen and oxygen atoms in total. The molecular formula is C20H34N2O2. The molecule has 1 fully saturated rings. The molecule has 0 amide bonds. The van der Waals surface area contributed by atoms with Crippen LogP contribution in [0, 0.1) is 5.92 Å². The minimum atomic E-state index is -0.276. The molecule has 2 atom stereocenters. The van der Waals surface area contributed by atoms with Crippen molar-refractivity contribution in [2.24, 2.45) is 5.92 Å². The van der Waals surface area contributed by atoms with Crippen LogP contribution in [0.1, 0.15) is 58.1 Å². The summed E-state index contributed by atoms with van der Waals surface area (Å²) in [5.41, 5.74) is 2.47. The van der Waals surface area contributed by atoms with Gasteiger partial charge in [0, 0.05) is 31.4 Å². The molecule has 0 bridgehead atoms. The lowest BCUT2D eigenvalue weighted by molar-refractivity contribution is 0.0989. The van der Waals surface area contributed by atoms with Crippen LogP contribution in [0.25, 0.3) is 0 Å². The number of aliphatic hydroxyl groups excluding tert-OH is 2. The summed E-state index contributed by atoms with van der Waals surface area (Å²) in [7, 11) is 0. The molecular weight excluding hydrogens is 300 g/mol. The van der Waals surface area contributed by atoms with Crippen LogP contribution >= 0.6 is 0 Å². The zero-order chi connectivity index (χ0) is 17.5. The molecule has 0 aliphatic carbocycles. The highest BCUT2D eigenvalue weighted by Gasteiger charge is 2.18. The molecule has 0 aromatic heterocycles. The molecule has 2 rings (SSSR count). The van der Waals surface area contributed by atoms with E-state index in [0.717, 1.165) is 38.8 Å². The highest BCUT2D eigenvalue weighted by Crippen LogP contribution is 2.23. The van der Waals surface area contributed by atoms with Gasteiger partial charge in [-0.15, -0.1) is 0 Å². The van der Waals surface area contributed by atoms with Crippen LogP contribution in [0.15, 0.2) is 24.3 Å². The molecule has 1 aliphatic heterocycles. The summed E-state index contributed by atoms with van der Waals surface area (Å²) < 4.78 is 0. The Kier molecular flexibility index (Phi) is 7.53. The fraction of sp³-hybridized carbons (Fsp3) is 0.700. The van der Waals surface area contributed by atoms with Crippen LogP contribution in [-0.2, 0) is 0 Å². The molecule has 136 valence electrons. The Balaban J connectivity index is 1.85. The Hall–Kier alpha value is -1.10. The maximum absolute atomic E-state index is 10.3. The van der Waals surface area contributed by atoms with Crippen molar-refractivity contribution in [3.8, 4) is 0 Å². The van der Waals surface area contributed by atoms with Gasteiger partial charge in [-0.05, 0) is 43.4 Å². The lowest BCUT2D eigenvalue weighted by Gasteiger charge is -2.31. The van der Waals surface area contributed by atoms with Crippen LogP contribution in [0.3, 0.4) is 0 Å². The quantitative estimate of drug-likeness (QED) is 0.684. The predicted molar refractivity (Wildman–Crippen MR) is 100 cm³/mol. The average Bonchev–Trinajstić information content (AvgIpc) is 2.61. The highest BCUT2D eigenvalue weighted by atomic mass is 16.3. The van der Waals surface area contributed by atoms with Gasteiger partial charge < -0.3 is 20.4 Å². The second-order valence-corrected chi connectivity index (χ2v) is 7.08. The number of hydrogen-bond acceptors (Lipinski definition) is 4. The fourth-order valence-electron chi connectivity index (χ4n) is 3.51. The number of nitrogens with one attached hydrogen (secondary N) is 1. The summed E-state index contributed by atoms with van der Waals surface area (Å²) in [6.07, 6.45) is 3.34. The van der Waals surface area contributed by atoms with Gasteiger partial charge >= 0.3 is 0 Å². The van der Waals surface area contributed by atoms with E-state index < -0.39 is 0 Å². The first-order valence-electron chi connectivity index (χ1n) is 9.49. The molecule has 0 radical (unpaired) electrons. The molecule has 3 N–H and O–H groups in total. The summed E-state index contributed by atoms with van der Waals surface area (Å²) in [5, 5.41) is 23.3. The van der Waals surface area contributed by atoms with Gasteiger partial charge in [-0.2, -0.15) is 0 Å². The number of benzene rings is 1. The summed E-state index contributed by atoms with van der Waals surface area (Å²) in [6.45, 7) is 8.91. The Morgan fingerprint density at radius 1 is 1.12 bits per heavy atom. The van der Waals surface area contributed by atoms with Gasteiger partial charge in [-0.3, -0.25) is 0 Å². The summed E-state index contributed by atoms with van der Waals surface area (Å²) in [5.74, 6) is 0.376. The van der Waals surface area contributed by atoms with Gasteiger partial charge in [0.2, 0.25) is 0 Å². The van der Waals surface area contributed by atoms with Crippen molar-refractivity contribution < 1.29 is 10.2 Å². The number of hydrogen-bond donors (Lipinski definition) is 3. The smallest absolute Gasteiger partial charge is 0.0692 e. The SMILES string of the molecule is CCC(CC)C(O)CNC(C)c1ccc(N2CCC(O)CC2)cc1. The van der Waals surface area contributed by atoms with Crippen molar-refractivity contribution in [2.45, 2.75) is 64.7 Å². The van der Waals surface area contributed by atoms with Crippen molar-refractivity contribution in [1.29, 1.82) is 0 Å². The minimum Gasteiger partial charge on any atom is -0.393 e. The first-order chi connectivity index (χ1) is 11.5. The van der Waals surface area contributed by atoms with Crippen molar-refractivity contribution in [3.05, 3.63) is 29.8 Å². The number of rotatable bonds is 8. The van der Waals surface area contributed by atoms with Crippen LogP contribution in [-0.4, -0.2) is 42.1 Å². The van der Waals surface area contributed by atoms with E-state index in [9.17, 15) is 10.2 Å². The second kappa shape index (κ2) is 9.40. The van der Waals surface area contributed by atoms with E-state index in [4.69, 9.17) is 0 Å². The standard InChI is InChI=1S/C20H34N2O2/c1-4-16(5-2)20(24)14-21-15(3)17-6-8-18(9-7-17)22-12-10-19(23)11-13-22/h6-9,15-16,19-21,23-24H,4-5,10-14H2,1-3H3. The third-order valence-corrected chi connectivity index (χ3v) is 5.45. The number of nitrogens with zero attached hydrogens (tertiary/aromatic N) is 1. The van der Waals surface area contributed by atoms with Crippen LogP contribution in [0.4, 0.5) is 5.69 Å². The molecule has 0 saturated carbocycles. The number of piperidine rings is 1. The van der Waals surface area contributed by atoms with Crippen molar-refractivity contribution >= 4 is 5.69 Å². The first-order valence-corrected chi connectivity index (χ1v) is 9.49. The summed E-state index contributed by atoms with van der Waals surface area (Å²) in [4.78, 5) is 2.34. The molecule has 1 heterocycles. The lowest BCUT2D eigenvalue weighted by Crippen LogP contribution is -2.35. The van der Waals surface area contributed by atoms with E-state index in [1.165, 1.54) is 11.3 Å². The van der Waals surface area contributed by atoms with Gasteiger partial charge in [0.05, 0.1) is 12.2 Å². The van der Waals surface area contributed by atoms with E-state index in [0.29, 0.717) is 12.5 Å². The highest BCUT2D eigenvalue weighted by molar-refractivity contribution is 5.48. The van der Waals surface area contributed by atoms with Crippen LogP contribution in [0.5, 0.6) is 0 Å². The topological polar surface area (TPSA) is 55.7 Å². The largest absolute Gasteiger partial charge is 0.393 e. The van der Waals surface area contributed by atoms with E-state index in [1.54, 1.807) is 0 Å². The maximum Gasteiger partial charge on any atom is 0.0692 e. The lowest BCUT2D eigenvalue weighted by atomic mass is 9.96. The molecule has 4 heteroatoms. The Morgan fingerprint density at radius 3 is 2.25 bits per heavy atom. The average molecular weight is 335 g/mol. The zero-order valence-electron chi connectivity index (χ0n) is 15.4. The maximum atomic E-state index is 10.3. The molecule has 0 spiro atoms. The predicted octanol–water partition coefficient (Wildman–Crippen LogP) is 3.10. The molecule has 1 aromatic rings. The third-order valence-electron chi connectivity index (χ3n) is 5.45. The van der Waals surface area contributed by atoms with Crippen molar-refractivity contribution in [3.63, 3.8) is 0 Å². The van der Waals surface area contributed by atoms with Crippen molar-refractivity contribution in [2.75, 3.05) is 24.5 Å². The van der Waals surface area contributed by atoms with Gasteiger partial charge in [-0.1, -0.05) is 38.8 Å². The third kappa shape index (κ3) is 5.20. The number of anilines is 1. The monoisotopic (exact) mass is 334 g/mol. The molecule has 1 aromatic carbocycles. The van der Waals surface area contributed by atoms with Crippen LogP contribution in [0.2, 0.25) is 0 Å². The van der Waals surface area contributed by atoms with E-state index in [-0.39, 0.29) is 18.2 Å². The van der Waals surface area contributed by atoms with Gasteiger partial charge in [0.1, 0.15) is 0 Å². The molecule has 1 aliphatic rings. The Labute approximate surface area is 146 Å². The molecule has 2 unspecified atom stereocenters. The first kappa shape index (κ1) is 19.2. The van der Waals surface area contributed by atoms with Crippen molar-refractivity contribution in [1.82, 2.24) is 5.32 Å². The van der Waals surface area contributed by atoms with E-state index in [2.05, 4.69) is 55.3 Å². The summed E-state index contributed by atoms with van der Waals surface area (Å²) >= 11 is 0. The zero-order valence-corrected chi connectivity index (χ0v) is 15.4. The molecule has 1 saturated heterocycles. The van der Waals surface area contributed by atoms with E-state index in [1.807, 2.05) is 0 Å². The normalized spacial score (nSPS) is 18.8. The van der Waals surface area contributed by atoms with Crippen LogP contribution < -0.4 is 10.2 Å². The fourth-order valence-corrected chi connectivity index (χ4v) is 3.51. The Bertz CT molecular complexity index is 465. The van der Waals surface area contributed by atoms with Gasteiger partial charge in [0.25, 0.3) is 0 Å². The summed E-state index contributed by atoms with van der Waals surface area (Å²) in [6, 6.07) is 8.90. The molecule has 24 heavy (non-hydrogen) atoms. The van der Waals surface area contributed by atoms with Gasteiger partial charge in [0.15, 0.2) is 0 Å². The number of aliphatic hydroxyl groups is 2. The van der Waals surface area contributed by atoms with Gasteiger partial charge in [-0.25, -0.2) is 0 Å². The van der Waals surface area contributed by atoms with E-state index >= 15 is 0 Å². The minimum absolute atomic E-state index is 0.133. The Morgan fingerprint density at radius 2 is 1.71 bits per heavy atom.